The van der Waals surface area contributed by atoms with Crippen LogP contribution in [0.5, 0.6) is 11.5 Å². The van der Waals surface area contributed by atoms with E-state index in [1.54, 1.807) is 0 Å². The topological polar surface area (TPSA) is 65.0 Å². The van der Waals surface area contributed by atoms with Gasteiger partial charge in [-0.25, -0.2) is 0 Å². The maximum atomic E-state index is 12.9. The van der Waals surface area contributed by atoms with Crippen molar-refractivity contribution in [2.75, 3.05) is 12.9 Å². The second-order valence-corrected chi connectivity index (χ2v) is 10.3. The summed E-state index contributed by atoms with van der Waals surface area (Å²) < 4.78 is 71.7. The minimum atomic E-state index is -5.84. The molecule has 0 bridgehead atoms. The molecule has 1 heterocycles. The number of rotatable bonds is 8. The molecule has 2 aromatic rings. The van der Waals surface area contributed by atoms with E-state index in [1.807, 2.05) is 30.3 Å². The quantitative estimate of drug-likeness (QED) is 0.318. The minimum absolute atomic E-state index is 0.122. The first-order chi connectivity index (χ1) is 15.6. The summed E-state index contributed by atoms with van der Waals surface area (Å²) in [5.41, 5.74) is -3.71. The normalized spacial score (nSPS) is 18.8. The summed E-state index contributed by atoms with van der Waals surface area (Å²) in [7, 11) is -4.60. The molecule has 2 aromatic carbocycles. The molecule has 5 nitrogen and oxygen atoms in total. The maximum absolute atomic E-state index is 12.9. The van der Waals surface area contributed by atoms with Gasteiger partial charge in [-0.1, -0.05) is 57.0 Å². The van der Waals surface area contributed by atoms with E-state index >= 15 is 0 Å². The molecule has 1 aliphatic rings. The van der Waals surface area contributed by atoms with Crippen LogP contribution in [0, 0.1) is 0 Å². The van der Waals surface area contributed by atoms with Crippen LogP contribution in [0.1, 0.15) is 50.7 Å². The van der Waals surface area contributed by atoms with Gasteiger partial charge in [-0.2, -0.15) is 21.6 Å². The number of nitrogens with zero attached hydrogens (tertiary/aromatic N) is 1. The van der Waals surface area contributed by atoms with Crippen LogP contribution in [0.25, 0.3) is 0 Å². The zero-order chi connectivity index (χ0) is 24.3. The number of ether oxygens (including phenoxy) is 1. The molecule has 0 saturated heterocycles. The SMILES string of the molecule is CCCC[C@]1(CC)CSc2cc(OS(=O)(=O)C(F)(F)F)c(OC)cc2C(c2ccccc2)=N1. The van der Waals surface area contributed by atoms with Crippen LogP contribution >= 0.6 is 11.8 Å². The van der Waals surface area contributed by atoms with Crippen LogP contribution in [-0.4, -0.2) is 38.0 Å². The number of fused-ring (bicyclic) bond motifs is 1. The van der Waals surface area contributed by atoms with E-state index in [4.69, 9.17) is 9.73 Å². The summed E-state index contributed by atoms with van der Waals surface area (Å²) in [6, 6.07) is 12.3. The first-order valence-corrected chi connectivity index (χ1v) is 13.0. The Bertz CT molecular complexity index is 1120. The molecule has 3 rings (SSSR count). The lowest BCUT2D eigenvalue weighted by Crippen LogP contribution is -2.29. The Morgan fingerprint density at radius 3 is 2.39 bits per heavy atom. The molecule has 33 heavy (non-hydrogen) atoms. The smallest absolute Gasteiger partial charge is 0.493 e. The van der Waals surface area contributed by atoms with Crippen molar-refractivity contribution in [3.8, 4) is 11.5 Å². The largest absolute Gasteiger partial charge is 0.534 e. The van der Waals surface area contributed by atoms with Crippen LogP contribution in [-0.2, 0) is 10.1 Å². The highest BCUT2D eigenvalue weighted by Gasteiger charge is 2.49. The van der Waals surface area contributed by atoms with Crippen molar-refractivity contribution < 1.29 is 30.5 Å². The molecule has 0 aliphatic carbocycles. The molecule has 1 atom stereocenters. The number of methoxy groups -OCH3 is 1. The maximum Gasteiger partial charge on any atom is 0.534 e. The minimum Gasteiger partial charge on any atom is -0.493 e. The summed E-state index contributed by atoms with van der Waals surface area (Å²) in [5.74, 6) is -0.0284. The van der Waals surface area contributed by atoms with E-state index in [1.165, 1.54) is 31.0 Å². The number of alkyl halides is 3. The summed E-state index contributed by atoms with van der Waals surface area (Å²) in [4.78, 5) is 5.78. The first kappa shape index (κ1) is 25.4. The van der Waals surface area contributed by atoms with Gasteiger partial charge in [0.15, 0.2) is 11.5 Å². The molecule has 1 aliphatic heterocycles. The fourth-order valence-corrected chi connectivity index (χ4v) is 5.39. The third-order valence-electron chi connectivity index (χ3n) is 5.55. The molecular weight excluding hydrogens is 475 g/mol. The van der Waals surface area contributed by atoms with Gasteiger partial charge < -0.3 is 8.92 Å². The third-order valence-corrected chi connectivity index (χ3v) is 7.85. The zero-order valence-electron chi connectivity index (χ0n) is 18.6. The Morgan fingerprint density at radius 1 is 1.12 bits per heavy atom. The van der Waals surface area contributed by atoms with E-state index in [0.29, 0.717) is 21.9 Å². The average Bonchev–Trinajstić information content (AvgIpc) is 2.94. The molecule has 10 heteroatoms. The summed E-state index contributed by atoms with van der Waals surface area (Å²) in [6.07, 6.45) is 3.64. The highest BCUT2D eigenvalue weighted by Crippen LogP contribution is 2.43. The molecule has 0 amide bonds. The van der Waals surface area contributed by atoms with E-state index in [9.17, 15) is 21.6 Å². The highest BCUT2D eigenvalue weighted by molar-refractivity contribution is 7.99. The molecule has 0 fully saturated rings. The standard InChI is InChI=1S/C23H26F3NO4S2/c1-4-6-12-22(5-2)15-32-20-14-19(31-33(28,29)23(24,25)26)18(30-3)13-17(20)21(27-22)16-10-8-7-9-11-16/h7-11,13-14H,4-6,12,15H2,1-3H3/t22-/m1/s1. The lowest BCUT2D eigenvalue weighted by molar-refractivity contribution is -0.0500. The number of aliphatic imine (C=N–C) groups is 1. The molecule has 0 unspecified atom stereocenters. The van der Waals surface area contributed by atoms with E-state index in [0.717, 1.165) is 31.2 Å². The van der Waals surface area contributed by atoms with Crippen molar-refractivity contribution in [2.24, 2.45) is 4.99 Å². The zero-order valence-corrected chi connectivity index (χ0v) is 20.2. The number of unbranched alkanes of at least 4 members (excludes halogenated alkanes) is 1. The lowest BCUT2D eigenvalue weighted by atomic mass is 9.91. The van der Waals surface area contributed by atoms with Gasteiger partial charge in [-0.3, -0.25) is 4.99 Å². The number of benzene rings is 2. The molecule has 180 valence electrons. The van der Waals surface area contributed by atoms with Gasteiger partial charge in [-0.05, 0) is 18.9 Å². The molecule has 0 spiro atoms. The first-order valence-electron chi connectivity index (χ1n) is 10.6. The summed E-state index contributed by atoms with van der Waals surface area (Å²) in [6.45, 7) is 4.18. The lowest BCUT2D eigenvalue weighted by Gasteiger charge is -2.28. The van der Waals surface area contributed by atoms with Gasteiger partial charge >= 0.3 is 15.6 Å². The van der Waals surface area contributed by atoms with Gasteiger partial charge in [0.05, 0.1) is 18.4 Å². The van der Waals surface area contributed by atoms with Crippen molar-refractivity contribution >= 4 is 27.6 Å². The third kappa shape index (κ3) is 5.48. The van der Waals surface area contributed by atoms with Crippen LogP contribution < -0.4 is 8.92 Å². The molecule has 0 aromatic heterocycles. The fourth-order valence-electron chi connectivity index (χ4n) is 3.59. The fraction of sp³-hybridized carbons (Fsp3) is 0.435. The second kappa shape index (κ2) is 9.97. The highest BCUT2D eigenvalue weighted by atomic mass is 32.2. The Hall–Kier alpha value is -2.20. The molecule has 0 saturated carbocycles. The Kier molecular flexibility index (Phi) is 7.68. The Balaban J connectivity index is 2.18. The number of thioether (sulfide) groups is 1. The Labute approximate surface area is 196 Å². The number of hydrogen-bond donors (Lipinski definition) is 0. The molecule has 0 radical (unpaired) electrons. The van der Waals surface area contributed by atoms with Crippen molar-refractivity contribution in [1.82, 2.24) is 0 Å². The van der Waals surface area contributed by atoms with Crippen LogP contribution in [0.3, 0.4) is 0 Å². The van der Waals surface area contributed by atoms with Crippen molar-refractivity contribution in [2.45, 2.75) is 55.5 Å². The molecular formula is C23H26F3NO4S2. The van der Waals surface area contributed by atoms with E-state index in [-0.39, 0.29) is 11.3 Å². The number of halogens is 3. The monoisotopic (exact) mass is 501 g/mol. The summed E-state index contributed by atoms with van der Waals surface area (Å²) >= 11 is 1.43. The van der Waals surface area contributed by atoms with Crippen LogP contribution in [0.15, 0.2) is 52.4 Å². The van der Waals surface area contributed by atoms with Gasteiger partial charge in [0.1, 0.15) is 0 Å². The average molecular weight is 502 g/mol. The predicted octanol–water partition coefficient (Wildman–Crippen LogP) is 6.21. The van der Waals surface area contributed by atoms with Gasteiger partial charge in [0, 0.05) is 27.8 Å². The van der Waals surface area contributed by atoms with Crippen LogP contribution in [0.2, 0.25) is 0 Å². The Morgan fingerprint density at radius 2 is 1.82 bits per heavy atom. The number of hydrogen-bond acceptors (Lipinski definition) is 6. The summed E-state index contributed by atoms with van der Waals surface area (Å²) in [5, 5.41) is 0. The van der Waals surface area contributed by atoms with Crippen molar-refractivity contribution in [3.63, 3.8) is 0 Å². The van der Waals surface area contributed by atoms with Crippen molar-refractivity contribution in [3.05, 3.63) is 53.6 Å². The van der Waals surface area contributed by atoms with Gasteiger partial charge in [-0.15, -0.1) is 11.8 Å². The van der Waals surface area contributed by atoms with E-state index < -0.39 is 21.4 Å². The predicted molar refractivity (Wildman–Crippen MR) is 124 cm³/mol. The van der Waals surface area contributed by atoms with E-state index in [2.05, 4.69) is 18.0 Å². The van der Waals surface area contributed by atoms with Crippen LogP contribution in [0.4, 0.5) is 13.2 Å². The van der Waals surface area contributed by atoms with Gasteiger partial charge in [0.2, 0.25) is 0 Å². The second-order valence-electron chi connectivity index (χ2n) is 7.78. The van der Waals surface area contributed by atoms with Crippen molar-refractivity contribution in [1.29, 1.82) is 0 Å². The van der Waals surface area contributed by atoms with Gasteiger partial charge in [0.25, 0.3) is 0 Å². The molecule has 0 N–H and O–H groups in total.